The van der Waals surface area contributed by atoms with E-state index in [9.17, 15) is 32.7 Å². The number of carboxylic acids is 2. The normalized spacial score (nSPS) is 19.5. The van der Waals surface area contributed by atoms with Crippen LogP contribution < -0.4 is 5.32 Å². The molecule has 3 unspecified atom stereocenters. The number of alkyl halides is 3. The Hall–Kier alpha value is -4.01. The molecule has 4 rings (SSSR count). The second-order valence-corrected chi connectivity index (χ2v) is 12.1. The Morgan fingerprint density at radius 1 is 1.11 bits per heavy atom. The molecule has 0 bridgehead atoms. The summed E-state index contributed by atoms with van der Waals surface area (Å²) < 4.78 is 33.2. The van der Waals surface area contributed by atoms with E-state index < -0.39 is 30.1 Å². The van der Waals surface area contributed by atoms with Gasteiger partial charge in [0.1, 0.15) is 12.4 Å². The number of aliphatic carboxylic acids is 2. The second-order valence-electron chi connectivity index (χ2n) is 11.7. The van der Waals surface area contributed by atoms with Crippen LogP contribution in [0.25, 0.3) is 11.8 Å². The topological polar surface area (TPSA) is 168 Å². The fourth-order valence-electron chi connectivity index (χ4n) is 6.23. The van der Waals surface area contributed by atoms with Crippen LogP contribution in [0.15, 0.2) is 30.6 Å². The number of amides is 2. The first-order chi connectivity index (χ1) is 22.3. The molecule has 258 valence electrons. The lowest BCUT2D eigenvalue weighted by Gasteiger charge is -2.44. The second kappa shape index (κ2) is 17.8. The molecule has 3 atom stereocenters. The maximum absolute atomic E-state index is 13.7. The Bertz CT molecular complexity index is 1380. The summed E-state index contributed by atoms with van der Waals surface area (Å²) >= 11 is 6.24. The van der Waals surface area contributed by atoms with Crippen LogP contribution in [-0.4, -0.2) is 84.4 Å². The Morgan fingerprint density at radius 2 is 1.81 bits per heavy atom. The van der Waals surface area contributed by atoms with E-state index in [0.29, 0.717) is 54.5 Å². The van der Waals surface area contributed by atoms with Gasteiger partial charge in [0.15, 0.2) is 0 Å². The van der Waals surface area contributed by atoms with Crippen LogP contribution >= 0.6 is 11.6 Å². The summed E-state index contributed by atoms with van der Waals surface area (Å²) in [6.45, 7) is 2.77. The van der Waals surface area contributed by atoms with Crippen molar-refractivity contribution in [2.45, 2.75) is 83.4 Å². The number of carboxylic acid groups (broad SMARTS) is 2. The Morgan fingerprint density at radius 3 is 2.40 bits per heavy atom. The van der Waals surface area contributed by atoms with Crippen molar-refractivity contribution in [3.8, 4) is 5.69 Å². The highest BCUT2D eigenvalue weighted by Crippen LogP contribution is 2.38. The molecule has 16 heteroatoms. The van der Waals surface area contributed by atoms with E-state index in [1.165, 1.54) is 23.5 Å². The molecule has 2 fully saturated rings. The van der Waals surface area contributed by atoms with Crippen molar-refractivity contribution in [2.75, 3.05) is 13.1 Å². The first kappa shape index (κ1) is 37.4. The van der Waals surface area contributed by atoms with Gasteiger partial charge in [0.05, 0.1) is 11.6 Å². The van der Waals surface area contributed by atoms with Crippen LogP contribution in [0.4, 0.5) is 13.2 Å². The van der Waals surface area contributed by atoms with Gasteiger partial charge in [0.25, 0.3) is 0 Å². The maximum Gasteiger partial charge on any atom is 0.490 e. The van der Waals surface area contributed by atoms with Crippen LogP contribution in [0.3, 0.4) is 0 Å². The quantitative estimate of drug-likeness (QED) is 0.214. The van der Waals surface area contributed by atoms with Crippen LogP contribution in [0.2, 0.25) is 5.02 Å². The highest BCUT2D eigenvalue weighted by atomic mass is 35.5. The molecule has 1 aromatic carbocycles. The van der Waals surface area contributed by atoms with Gasteiger partial charge in [-0.1, -0.05) is 50.6 Å². The standard InChI is InChI=1S/C29H39ClN6O4.C2HF3O2/c1-2-20(29(39)40)10-6-16-31-28(38)27-24(21-8-4-3-5-9-21)11-7-17-35(27)26(37)15-12-22-18-23(30)13-14-25(22)36-19-32-33-34-36;3-2(4,5)1(6)7/h12-15,18-21,24,27H,2-11,16-17H2,1H3,(H,31,38)(H,39,40);(H,6,7)/b15-12+;. The summed E-state index contributed by atoms with van der Waals surface area (Å²) in [5.41, 5.74) is 1.36. The number of carbonyl (C=O) groups is 4. The SMILES string of the molecule is CCC(CCCNC(=O)C1C(C2CCCCC2)CCCN1C(=O)/C=C/c1cc(Cl)ccc1-n1cnnn1)C(=O)O.O=C(O)C(F)(F)F. The highest BCUT2D eigenvalue weighted by molar-refractivity contribution is 6.30. The van der Waals surface area contributed by atoms with Gasteiger partial charge in [-0.05, 0) is 78.6 Å². The van der Waals surface area contributed by atoms with Crippen molar-refractivity contribution in [3.05, 3.63) is 41.2 Å². The molecule has 3 N–H and O–H groups in total. The molecular formula is C31H40ClF3N6O6. The fraction of sp³-hybridized carbons (Fsp3) is 0.581. The van der Waals surface area contributed by atoms with Gasteiger partial charge >= 0.3 is 18.1 Å². The molecule has 47 heavy (non-hydrogen) atoms. The van der Waals surface area contributed by atoms with E-state index in [4.69, 9.17) is 21.5 Å². The van der Waals surface area contributed by atoms with E-state index >= 15 is 0 Å². The number of aromatic nitrogens is 4. The molecule has 2 amide bonds. The molecule has 2 aliphatic rings. The minimum Gasteiger partial charge on any atom is -0.481 e. The van der Waals surface area contributed by atoms with Crippen molar-refractivity contribution in [2.24, 2.45) is 17.8 Å². The number of hydrogen-bond donors (Lipinski definition) is 3. The van der Waals surface area contributed by atoms with E-state index in [1.54, 1.807) is 29.2 Å². The molecule has 1 aromatic heterocycles. The average molecular weight is 685 g/mol. The smallest absolute Gasteiger partial charge is 0.481 e. The van der Waals surface area contributed by atoms with Crippen LogP contribution in [0.1, 0.15) is 76.7 Å². The monoisotopic (exact) mass is 684 g/mol. The van der Waals surface area contributed by atoms with E-state index in [2.05, 4.69) is 20.8 Å². The van der Waals surface area contributed by atoms with E-state index in [-0.39, 0.29) is 17.7 Å². The summed E-state index contributed by atoms with van der Waals surface area (Å²) in [6.07, 6.45) is 8.73. The lowest BCUT2D eigenvalue weighted by atomic mass is 9.72. The maximum atomic E-state index is 13.7. The summed E-state index contributed by atoms with van der Waals surface area (Å²) in [6, 6.07) is 4.71. The third-order valence-electron chi connectivity index (χ3n) is 8.59. The van der Waals surface area contributed by atoms with E-state index in [0.717, 1.165) is 38.5 Å². The predicted octanol–water partition coefficient (Wildman–Crippen LogP) is 5.16. The van der Waals surface area contributed by atoms with Gasteiger partial charge in [-0.3, -0.25) is 14.4 Å². The van der Waals surface area contributed by atoms with Crippen LogP contribution in [0.5, 0.6) is 0 Å². The van der Waals surface area contributed by atoms with Crippen LogP contribution in [0, 0.1) is 17.8 Å². The Labute approximate surface area is 275 Å². The number of likely N-dealkylation sites (tertiary alicyclic amines) is 1. The lowest BCUT2D eigenvalue weighted by molar-refractivity contribution is -0.192. The zero-order valence-electron chi connectivity index (χ0n) is 26.0. The van der Waals surface area contributed by atoms with Crippen LogP contribution in [-0.2, 0) is 19.2 Å². The number of benzene rings is 1. The fourth-order valence-corrected chi connectivity index (χ4v) is 6.41. The molecule has 2 aromatic rings. The third-order valence-corrected chi connectivity index (χ3v) is 8.82. The zero-order chi connectivity index (χ0) is 34.6. The number of halogens is 4. The number of rotatable bonds is 11. The molecular weight excluding hydrogens is 645 g/mol. The Balaban J connectivity index is 0.000000771. The van der Waals surface area contributed by atoms with Gasteiger partial charge in [0.2, 0.25) is 11.8 Å². The zero-order valence-corrected chi connectivity index (χ0v) is 26.8. The molecule has 1 saturated carbocycles. The third kappa shape index (κ3) is 11.0. The van der Waals surface area contributed by atoms with Gasteiger partial charge in [0, 0.05) is 29.8 Å². The number of nitrogens with zero attached hydrogens (tertiary/aromatic N) is 5. The molecule has 1 aliphatic heterocycles. The van der Waals surface area contributed by atoms with Crippen molar-refractivity contribution in [1.29, 1.82) is 0 Å². The first-order valence-corrected chi connectivity index (χ1v) is 16.0. The van der Waals surface area contributed by atoms with Gasteiger partial charge < -0.3 is 20.4 Å². The molecule has 0 spiro atoms. The highest BCUT2D eigenvalue weighted by Gasteiger charge is 2.42. The van der Waals surface area contributed by atoms with Crippen molar-refractivity contribution < 1.29 is 42.6 Å². The van der Waals surface area contributed by atoms with Gasteiger partial charge in [-0.2, -0.15) is 17.9 Å². The number of nitrogens with one attached hydrogen (secondary N) is 1. The average Bonchev–Trinajstić information content (AvgIpc) is 3.58. The molecule has 1 saturated heterocycles. The van der Waals surface area contributed by atoms with Gasteiger partial charge in [-0.15, -0.1) is 5.10 Å². The largest absolute Gasteiger partial charge is 0.490 e. The Kier molecular flexibility index (Phi) is 14.2. The summed E-state index contributed by atoms with van der Waals surface area (Å²) in [5.74, 6) is -3.80. The minimum atomic E-state index is -5.08. The number of tetrazole rings is 1. The van der Waals surface area contributed by atoms with E-state index in [1.807, 2.05) is 6.92 Å². The first-order valence-electron chi connectivity index (χ1n) is 15.7. The number of hydrogen-bond acceptors (Lipinski definition) is 7. The summed E-state index contributed by atoms with van der Waals surface area (Å²) in [7, 11) is 0. The molecule has 12 nitrogen and oxygen atoms in total. The summed E-state index contributed by atoms with van der Waals surface area (Å²) in [5, 5.41) is 31.3. The van der Waals surface area contributed by atoms with Crippen molar-refractivity contribution in [3.63, 3.8) is 0 Å². The summed E-state index contributed by atoms with van der Waals surface area (Å²) in [4.78, 5) is 49.3. The number of carbonyl (C=O) groups excluding carboxylic acids is 2. The number of piperidine rings is 1. The molecule has 2 heterocycles. The van der Waals surface area contributed by atoms with Crippen molar-refractivity contribution in [1.82, 2.24) is 30.4 Å². The van der Waals surface area contributed by atoms with Crippen molar-refractivity contribution >= 4 is 41.4 Å². The minimum absolute atomic E-state index is 0.108. The predicted molar refractivity (Wildman–Crippen MR) is 165 cm³/mol. The van der Waals surface area contributed by atoms with Gasteiger partial charge in [-0.25, -0.2) is 4.79 Å². The molecule has 0 radical (unpaired) electrons. The lowest BCUT2D eigenvalue weighted by Crippen LogP contribution is -2.57. The molecule has 1 aliphatic carbocycles.